The highest BCUT2D eigenvalue weighted by Gasteiger charge is 2.25. The third kappa shape index (κ3) is 7.21. The first kappa shape index (κ1) is 24.6. The van der Waals surface area contributed by atoms with E-state index in [1.165, 1.54) is 19.3 Å². The van der Waals surface area contributed by atoms with Gasteiger partial charge < -0.3 is 25.6 Å². The van der Waals surface area contributed by atoms with E-state index in [9.17, 15) is 4.79 Å². The predicted octanol–water partition coefficient (Wildman–Crippen LogP) is 2.90. The Morgan fingerprint density at radius 2 is 1.90 bits per heavy atom. The van der Waals surface area contributed by atoms with Gasteiger partial charge in [0.1, 0.15) is 12.3 Å². The topological polar surface area (TPSA) is 78.0 Å². The molecule has 1 atom stereocenters. The largest absolute Gasteiger partial charge is 0.495 e. The summed E-state index contributed by atoms with van der Waals surface area (Å²) in [6.45, 7) is 4.79. The summed E-state index contributed by atoms with van der Waals surface area (Å²) in [6.07, 6.45) is 6.90. The summed E-state index contributed by atoms with van der Waals surface area (Å²) < 4.78 is 5.50. The lowest BCUT2D eigenvalue weighted by Gasteiger charge is -2.23. The van der Waals surface area contributed by atoms with E-state index in [0.717, 1.165) is 50.3 Å². The molecule has 1 aromatic carbocycles. The van der Waals surface area contributed by atoms with Crippen LogP contribution in [0.3, 0.4) is 0 Å². The number of amides is 1. The van der Waals surface area contributed by atoms with Crippen molar-refractivity contribution in [2.24, 2.45) is 4.99 Å². The molecule has 1 saturated carbocycles. The Morgan fingerprint density at radius 1 is 1.13 bits per heavy atom. The van der Waals surface area contributed by atoms with E-state index in [4.69, 9.17) is 4.74 Å². The molecule has 0 spiro atoms. The number of benzene rings is 1. The molecule has 0 bridgehead atoms. The van der Waals surface area contributed by atoms with Gasteiger partial charge in [-0.25, -0.2) is 4.99 Å². The highest BCUT2D eigenvalue weighted by Crippen LogP contribution is 2.30. The molecule has 1 aliphatic heterocycles. The summed E-state index contributed by atoms with van der Waals surface area (Å²) in [6, 6.07) is 8.71. The van der Waals surface area contributed by atoms with Crippen LogP contribution in [0.2, 0.25) is 0 Å². The van der Waals surface area contributed by atoms with Gasteiger partial charge in [-0.3, -0.25) is 4.79 Å². The van der Waals surface area contributed by atoms with Crippen LogP contribution in [0.1, 0.15) is 45.4 Å². The lowest BCUT2D eigenvalue weighted by atomic mass is 9.95. The first-order valence-electron chi connectivity index (χ1n) is 10.9. The van der Waals surface area contributed by atoms with Crippen LogP contribution in [0.25, 0.3) is 0 Å². The smallest absolute Gasteiger partial charge is 0.242 e. The van der Waals surface area contributed by atoms with Crippen molar-refractivity contribution in [3.63, 3.8) is 0 Å². The van der Waals surface area contributed by atoms with Crippen LogP contribution in [0, 0.1) is 0 Å². The van der Waals surface area contributed by atoms with Gasteiger partial charge >= 0.3 is 0 Å². The molecular weight excluding hydrogens is 493 g/mol. The molecule has 30 heavy (non-hydrogen) atoms. The summed E-state index contributed by atoms with van der Waals surface area (Å²) in [7, 11) is 1.71. The van der Waals surface area contributed by atoms with Crippen LogP contribution < -0.4 is 25.6 Å². The average Bonchev–Trinajstić information content (AvgIpc) is 3.21. The fourth-order valence-electron chi connectivity index (χ4n) is 4.17. The SMILES string of the molecule is CCNC(=NCC(=O)NC1CCCCC1)NC1CCN(c2ccccc2OC)C1.I. The Kier molecular flexibility index (Phi) is 10.5. The lowest BCUT2D eigenvalue weighted by Crippen LogP contribution is -2.45. The highest BCUT2D eigenvalue weighted by molar-refractivity contribution is 14.0. The van der Waals surface area contributed by atoms with Gasteiger partial charge in [-0.2, -0.15) is 0 Å². The van der Waals surface area contributed by atoms with Gasteiger partial charge in [0.2, 0.25) is 5.91 Å². The van der Waals surface area contributed by atoms with Gasteiger partial charge in [0.05, 0.1) is 12.8 Å². The molecule has 7 nitrogen and oxygen atoms in total. The number of hydrogen-bond donors (Lipinski definition) is 3. The zero-order chi connectivity index (χ0) is 20.5. The van der Waals surface area contributed by atoms with Crippen LogP contribution in [0.5, 0.6) is 5.75 Å². The maximum absolute atomic E-state index is 12.3. The Balaban J connectivity index is 0.00000320. The maximum Gasteiger partial charge on any atom is 0.242 e. The van der Waals surface area contributed by atoms with Gasteiger partial charge in [-0.05, 0) is 38.3 Å². The zero-order valence-corrected chi connectivity index (χ0v) is 20.5. The van der Waals surface area contributed by atoms with Crippen LogP contribution in [0.15, 0.2) is 29.3 Å². The predicted molar refractivity (Wildman–Crippen MR) is 133 cm³/mol. The fourth-order valence-corrected chi connectivity index (χ4v) is 4.17. The minimum Gasteiger partial charge on any atom is -0.495 e. The molecule has 1 unspecified atom stereocenters. The number of nitrogens with one attached hydrogen (secondary N) is 3. The number of aliphatic imine (C=N–C) groups is 1. The number of carbonyl (C=O) groups is 1. The van der Waals surface area contributed by atoms with Crippen LogP contribution >= 0.6 is 24.0 Å². The summed E-state index contributed by atoms with van der Waals surface area (Å²) in [5.74, 6) is 1.61. The molecule has 8 heteroatoms. The molecule has 1 amide bonds. The van der Waals surface area contributed by atoms with E-state index < -0.39 is 0 Å². The molecule has 0 radical (unpaired) electrons. The van der Waals surface area contributed by atoms with E-state index in [1.807, 2.05) is 25.1 Å². The highest BCUT2D eigenvalue weighted by atomic mass is 127. The number of para-hydroxylation sites is 2. The zero-order valence-electron chi connectivity index (χ0n) is 18.2. The van der Waals surface area contributed by atoms with Crippen LogP contribution in [-0.4, -0.2) is 57.2 Å². The molecule has 3 rings (SSSR count). The second-order valence-corrected chi connectivity index (χ2v) is 7.85. The van der Waals surface area contributed by atoms with E-state index >= 15 is 0 Å². The Labute approximate surface area is 197 Å². The van der Waals surface area contributed by atoms with E-state index in [1.54, 1.807) is 7.11 Å². The molecule has 1 saturated heterocycles. The van der Waals surface area contributed by atoms with Crippen molar-refractivity contribution < 1.29 is 9.53 Å². The summed E-state index contributed by atoms with van der Waals surface area (Å²) in [5.41, 5.74) is 1.12. The molecule has 1 aliphatic carbocycles. The third-order valence-electron chi connectivity index (χ3n) is 5.65. The fraction of sp³-hybridized carbons (Fsp3) is 0.636. The van der Waals surface area contributed by atoms with Crippen molar-refractivity contribution in [2.75, 3.05) is 38.2 Å². The van der Waals surface area contributed by atoms with E-state index in [-0.39, 0.29) is 42.5 Å². The number of guanidine groups is 1. The first-order valence-corrected chi connectivity index (χ1v) is 10.9. The Morgan fingerprint density at radius 3 is 2.63 bits per heavy atom. The van der Waals surface area contributed by atoms with Crippen molar-refractivity contribution in [2.45, 2.75) is 57.5 Å². The molecule has 2 fully saturated rings. The summed E-state index contributed by atoms with van der Waals surface area (Å²) in [5, 5.41) is 9.88. The first-order chi connectivity index (χ1) is 14.2. The molecule has 3 N–H and O–H groups in total. The normalized spacial score (nSPS) is 19.7. The molecule has 1 heterocycles. The minimum atomic E-state index is 0. The van der Waals surface area contributed by atoms with E-state index in [0.29, 0.717) is 12.0 Å². The Bertz CT molecular complexity index is 694. The lowest BCUT2D eigenvalue weighted by molar-refractivity contribution is -0.120. The van der Waals surface area contributed by atoms with Gasteiger partial charge in [0.15, 0.2) is 5.96 Å². The number of nitrogens with zero attached hydrogens (tertiary/aromatic N) is 2. The molecular formula is C22H36IN5O2. The van der Waals surface area contributed by atoms with E-state index in [2.05, 4.69) is 31.9 Å². The van der Waals surface area contributed by atoms with Crippen LogP contribution in [-0.2, 0) is 4.79 Å². The number of halogens is 1. The summed E-state index contributed by atoms with van der Waals surface area (Å²) >= 11 is 0. The number of carbonyl (C=O) groups excluding carboxylic acids is 1. The number of rotatable bonds is 7. The third-order valence-corrected chi connectivity index (χ3v) is 5.65. The van der Waals surface area contributed by atoms with Crippen molar-refractivity contribution in [3.8, 4) is 5.75 Å². The van der Waals surface area contributed by atoms with Crippen LogP contribution in [0.4, 0.5) is 5.69 Å². The number of hydrogen-bond acceptors (Lipinski definition) is 4. The van der Waals surface area contributed by atoms with Gasteiger partial charge in [0.25, 0.3) is 0 Å². The molecule has 1 aromatic rings. The van der Waals surface area contributed by atoms with Crippen molar-refractivity contribution in [1.82, 2.24) is 16.0 Å². The number of ether oxygens (including phenoxy) is 1. The molecule has 2 aliphatic rings. The van der Waals surface area contributed by atoms with Crippen molar-refractivity contribution >= 4 is 41.5 Å². The van der Waals surface area contributed by atoms with Crippen molar-refractivity contribution in [1.29, 1.82) is 0 Å². The monoisotopic (exact) mass is 529 g/mol. The standard InChI is InChI=1S/C22H35N5O2.HI/c1-3-23-22(24-15-21(28)25-17-9-5-4-6-10-17)26-18-13-14-27(16-18)19-11-7-8-12-20(19)29-2;/h7-8,11-12,17-18H,3-6,9-10,13-16H2,1-2H3,(H,25,28)(H2,23,24,26);1H. The second-order valence-electron chi connectivity index (χ2n) is 7.85. The summed E-state index contributed by atoms with van der Waals surface area (Å²) in [4.78, 5) is 19.1. The average molecular weight is 529 g/mol. The van der Waals surface area contributed by atoms with Gasteiger partial charge in [-0.15, -0.1) is 24.0 Å². The Hall–Kier alpha value is -1.71. The number of anilines is 1. The molecule has 0 aromatic heterocycles. The second kappa shape index (κ2) is 12.9. The maximum atomic E-state index is 12.3. The molecule has 168 valence electrons. The van der Waals surface area contributed by atoms with Crippen molar-refractivity contribution in [3.05, 3.63) is 24.3 Å². The minimum absolute atomic E-state index is 0. The number of methoxy groups -OCH3 is 1. The quantitative estimate of drug-likeness (QED) is 0.288. The van der Waals surface area contributed by atoms with Gasteiger partial charge in [0, 0.05) is 31.7 Å². The van der Waals surface area contributed by atoms with Gasteiger partial charge in [-0.1, -0.05) is 31.4 Å².